The minimum Gasteiger partial charge on any atom is -0.395 e. The number of fused-ring (bicyclic) bond motifs is 1. The monoisotopic (exact) mass is 264 g/mol. The predicted molar refractivity (Wildman–Crippen MR) is 78.4 cm³/mol. The van der Waals surface area contributed by atoms with E-state index in [9.17, 15) is 5.11 Å². The number of pyridine rings is 1. The summed E-state index contributed by atoms with van der Waals surface area (Å²) in [5, 5.41) is 12.6. The van der Waals surface area contributed by atoms with E-state index in [-0.39, 0.29) is 6.61 Å². The Labute approximate surface area is 112 Å². The van der Waals surface area contributed by atoms with Crippen molar-refractivity contribution in [3.8, 4) is 0 Å². The lowest BCUT2D eigenvalue weighted by Gasteiger charge is -2.31. The Hall–Kier alpha value is -1.13. The number of aliphatic hydroxyl groups excluding tert-OH is 1. The SMILES string of the molecule is CCC(CC)N(CCO)c1nccc2sccc12. The lowest BCUT2D eigenvalue weighted by Crippen LogP contribution is -2.37. The Kier molecular flexibility index (Phi) is 4.55. The van der Waals surface area contributed by atoms with Crippen LogP contribution >= 0.6 is 11.3 Å². The first-order chi connectivity index (χ1) is 8.81. The normalized spacial score (nSPS) is 11.3. The number of aliphatic hydroxyl groups is 1. The molecule has 0 saturated carbocycles. The molecule has 3 nitrogen and oxygen atoms in total. The molecule has 2 rings (SSSR count). The number of anilines is 1. The van der Waals surface area contributed by atoms with Gasteiger partial charge in [0, 0.05) is 28.9 Å². The standard InChI is InChI=1S/C14H20N2OS/c1-3-11(4-2)16(8-9-17)14-12-6-10-18-13(12)5-7-15-14/h5-7,10-11,17H,3-4,8-9H2,1-2H3. The molecule has 0 radical (unpaired) electrons. The first-order valence-electron chi connectivity index (χ1n) is 6.51. The Bertz CT molecular complexity index is 493. The zero-order chi connectivity index (χ0) is 13.0. The zero-order valence-electron chi connectivity index (χ0n) is 11.0. The first kappa shape index (κ1) is 13.3. The minimum absolute atomic E-state index is 0.165. The Morgan fingerprint density at radius 3 is 2.78 bits per heavy atom. The number of hydrogen-bond donors (Lipinski definition) is 1. The van der Waals surface area contributed by atoms with E-state index >= 15 is 0 Å². The second-order valence-electron chi connectivity index (χ2n) is 4.35. The summed E-state index contributed by atoms with van der Waals surface area (Å²) in [7, 11) is 0. The summed E-state index contributed by atoms with van der Waals surface area (Å²) in [6.07, 6.45) is 4.00. The summed E-state index contributed by atoms with van der Waals surface area (Å²) < 4.78 is 1.26. The summed E-state index contributed by atoms with van der Waals surface area (Å²) in [5.74, 6) is 1.01. The van der Waals surface area contributed by atoms with Crippen LogP contribution < -0.4 is 4.90 Å². The highest BCUT2D eigenvalue weighted by atomic mass is 32.1. The molecule has 0 aromatic carbocycles. The van der Waals surface area contributed by atoms with E-state index in [1.54, 1.807) is 11.3 Å². The van der Waals surface area contributed by atoms with E-state index in [0.29, 0.717) is 12.6 Å². The fourth-order valence-electron chi connectivity index (χ4n) is 2.41. The van der Waals surface area contributed by atoms with Crippen molar-refractivity contribution in [2.24, 2.45) is 0 Å². The number of rotatable bonds is 6. The zero-order valence-corrected chi connectivity index (χ0v) is 11.8. The molecule has 0 fully saturated rings. The minimum atomic E-state index is 0.165. The van der Waals surface area contributed by atoms with Gasteiger partial charge in [-0.15, -0.1) is 11.3 Å². The molecule has 0 bridgehead atoms. The van der Waals surface area contributed by atoms with Crippen LogP contribution in [-0.2, 0) is 0 Å². The van der Waals surface area contributed by atoms with E-state index in [0.717, 1.165) is 18.7 Å². The summed E-state index contributed by atoms with van der Waals surface area (Å²) in [5.41, 5.74) is 0. The average Bonchev–Trinajstić information content (AvgIpc) is 2.87. The van der Waals surface area contributed by atoms with Gasteiger partial charge in [0.05, 0.1) is 6.61 Å². The molecule has 4 heteroatoms. The average molecular weight is 264 g/mol. The van der Waals surface area contributed by atoms with E-state index in [1.165, 1.54) is 10.1 Å². The second-order valence-corrected chi connectivity index (χ2v) is 5.30. The molecule has 2 aromatic rings. The maximum absolute atomic E-state index is 9.29. The maximum Gasteiger partial charge on any atom is 0.137 e. The molecule has 0 spiro atoms. The van der Waals surface area contributed by atoms with Gasteiger partial charge >= 0.3 is 0 Å². The Balaban J connectivity index is 2.43. The van der Waals surface area contributed by atoms with Gasteiger partial charge in [0.2, 0.25) is 0 Å². The van der Waals surface area contributed by atoms with Gasteiger partial charge in [-0.25, -0.2) is 4.98 Å². The van der Waals surface area contributed by atoms with Crippen LogP contribution in [0, 0.1) is 0 Å². The number of aromatic nitrogens is 1. The smallest absolute Gasteiger partial charge is 0.137 e. The summed E-state index contributed by atoms with van der Waals surface area (Å²) in [6, 6.07) is 4.61. The molecule has 0 aliphatic rings. The lowest BCUT2D eigenvalue weighted by molar-refractivity contribution is 0.295. The van der Waals surface area contributed by atoms with Crippen molar-refractivity contribution in [3.63, 3.8) is 0 Å². The molecule has 1 N–H and O–H groups in total. The number of nitrogens with zero attached hydrogens (tertiary/aromatic N) is 2. The van der Waals surface area contributed by atoms with Gasteiger partial charge in [-0.3, -0.25) is 0 Å². The highest BCUT2D eigenvalue weighted by Crippen LogP contribution is 2.30. The quantitative estimate of drug-likeness (QED) is 0.870. The van der Waals surface area contributed by atoms with Crippen LogP contribution in [-0.4, -0.2) is 29.3 Å². The molecule has 0 atom stereocenters. The Morgan fingerprint density at radius 1 is 1.33 bits per heavy atom. The summed E-state index contributed by atoms with van der Waals surface area (Å²) >= 11 is 1.73. The van der Waals surface area contributed by atoms with Crippen molar-refractivity contribution < 1.29 is 5.11 Å². The van der Waals surface area contributed by atoms with Crippen molar-refractivity contribution in [2.45, 2.75) is 32.7 Å². The predicted octanol–water partition coefficient (Wildman–Crippen LogP) is 3.28. The van der Waals surface area contributed by atoms with E-state index in [2.05, 4.69) is 35.2 Å². The van der Waals surface area contributed by atoms with Crippen LogP contribution in [0.15, 0.2) is 23.7 Å². The third-order valence-corrected chi connectivity index (χ3v) is 4.24. The van der Waals surface area contributed by atoms with Crippen molar-refractivity contribution in [3.05, 3.63) is 23.7 Å². The van der Waals surface area contributed by atoms with Gasteiger partial charge in [0.1, 0.15) is 5.82 Å². The molecular weight excluding hydrogens is 244 g/mol. The molecule has 18 heavy (non-hydrogen) atoms. The van der Waals surface area contributed by atoms with Gasteiger partial charge in [0.15, 0.2) is 0 Å². The van der Waals surface area contributed by atoms with Gasteiger partial charge in [-0.1, -0.05) is 13.8 Å². The van der Waals surface area contributed by atoms with E-state index in [1.807, 2.05) is 12.3 Å². The van der Waals surface area contributed by atoms with Gasteiger partial charge in [-0.2, -0.15) is 0 Å². The van der Waals surface area contributed by atoms with Crippen molar-refractivity contribution in [1.82, 2.24) is 4.98 Å². The molecule has 0 unspecified atom stereocenters. The number of thiophene rings is 1. The van der Waals surface area contributed by atoms with Gasteiger partial charge in [0.25, 0.3) is 0 Å². The van der Waals surface area contributed by atoms with Gasteiger partial charge < -0.3 is 10.0 Å². The topological polar surface area (TPSA) is 36.4 Å². The molecular formula is C14H20N2OS. The summed E-state index contributed by atoms with van der Waals surface area (Å²) in [4.78, 5) is 6.78. The molecule has 0 aliphatic carbocycles. The van der Waals surface area contributed by atoms with E-state index in [4.69, 9.17) is 0 Å². The molecule has 2 aromatic heterocycles. The van der Waals surface area contributed by atoms with E-state index < -0.39 is 0 Å². The molecule has 98 valence electrons. The van der Waals surface area contributed by atoms with Crippen LogP contribution in [0.1, 0.15) is 26.7 Å². The van der Waals surface area contributed by atoms with Crippen molar-refractivity contribution in [1.29, 1.82) is 0 Å². The third-order valence-electron chi connectivity index (χ3n) is 3.36. The fraction of sp³-hybridized carbons (Fsp3) is 0.500. The van der Waals surface area contributed by atoms with Crippen LogP contribution in [0.5, 0.6) is 0 Å². The summed E-state index contributed by atoms with van der Waals surface area (Å²) in [6.45, 7) is 5.19. The van der Waals surface area contributed by atoms with Crippen LogP contribution in [0.4, 0.5) is 5.82 Å². The fourth-order valence-corrected chi connectivity index (χ4v) is 3.18. The second kappa shape index (κ2) is 6.16. The van der Waals surface area contributed by atoms with Crippen LogP contribution in [0.25, 0.3) is 10.1 Å². The lowest BCUT2D eigenvalue weighted by atomic mass is 10.1. The molecule has 2 heterocycles. The maximum atomic E-state index is 9.29. The van der Waals surface area contributed by atoms with Crippen molar-refractivity contribution >= 4 is 27.2 Å². The third kappa shape index (κ3) is 2.49. The highest BCUT2D eigenvalue weighted by molar-refractivity contribution is 7.17. The first-order valence-corrected chi connectivity index (χ1v) is 7.39. The highest BCUT2D eigenvalue weighted by Gasteiger charge is 2.18. The molecule has 0 aliphatic heterocycles. The largest absolute Gasteiger partial charge is 0.395 e. The van der Waals surface area contributed by atoms with Gasteiger partial charge in [-0.05, 0) is 30.4 Å². The van der Waals surface area contributed by atoms with Crippen molar-refractivity contribution in [2.75, 3.05) is 18.1 Å². The Morgan fingerprint density at radius 2 is 2.11 bits per heavy atom. The van der Waals surface area contributed by atoms with Crippen LogP contribution in [0.3, 0.4) is 0 Å². The van der Waals surface area contributed by atoms with Crippen LogP contribution in [0.2, 0.25) is 0 Å². The number of hydrogen-bond acceptors (Lipinski definition) is 4. The molecule has 0 amide bonds. The molecule has 0 saturated heterocycles.